The molecule has 0 spiro atoms. The van der Waals surface area contributed by atoms with Gasteiger partial charge >= 0.3 is 0 Å². The van der Waals surface area contributed by atoms with E-state index in [-0.39, 0.29) is 5.56 Å². The van der Waals surface area contributed by atoms with Gasteiger partial charge in [-0.15, -0.1) is 0 Å². The standard InChI is InChI=1S/C27H27N7O2/c1-17-13-20(3-4-21(17)18-6-10-34(11-7-18)12-8-28)31-26-25-19(5-9-30-27(25)35)14-22(33-26)23-15-29-16-24(32-23)36-2/h3-5,9,13-16,18H,6-7,10-12H2,1-2H3,(H,30,35)(H,31,33). The minimum Gasteiger partial charge on any atom is -0.480 e. The fourth-order valence-corrected chi connectivity index (χ4v) is 4.86. The zero-order chi connectivity index (χ0) is 25.1. The van der Waals surface area contributed by atoms with Gasteiger partial charge in [0.25, 0.3) is 5.56 Å². The van der Waals surface area contributed by atoms with Crippen molar-refractivity contribution in [3.63, 3.8) is 0 Å². The number of methoxy groups -OCH3 is 1. The maximum Gasteiger partial charge on any atom is 0.259 e. The number of aryl methyl sites for hydroxylation is 1. The van der Waals surface area contributed by atoms with Crippen molar-refractivity contribution >= 4 is 22.3 Å². The molecule has 3 aromatic heterocycles. The van der Waals surface area contributed by atoms with Crippen LogP contribution in [0.15, 0.2) is 53.7 Å². The third-order valence-corrected chi connectivity index (χ3v) is 6.69. The Labute approximate surface area is 208 Å². The van der Waals surface area contributed by atoms with Crippen LogP contribution < -0.4 is 15.6 Å². The van der Waals surface area contributed by atoms with E-state index in [1.54, 1.807) is 12.4 Å². The van der Waals surface area contributed by atoms with E-state index < -0.39 is 0 Å². The number of ether oxygens (including phenoxy) is 1. The van der Waals surface area contributed by atoms with Gasteiger partial charge in [-0.1, -0.05) is 6.07 Å². The fourth-order valence-electron chi connectivity index (χ4n) is 4.86. The molecule has 0 unspecified atom stereocenters. The van der Waals surface area contributed by atoms with E-state index in [1.165, 1.54) is 24.4 Å². The third kappa shape index (κ3) is 4.76. The molecule has 1 aromatic carbocycles. The van der Waals surface area contributed by atoms with Gasteiger partial charge < -0.3 is 15.0 Å². The summed E-state index contributed by atoms with van der Waals surface area (Å²) in [6.07, 6.45) is 6.86. The molecule has 1 aliphatic rings. The molecule has 2 N–H and O–H groups in total. The Hall–Kier alpha value is -4.29. The zero-order valence-electron chi connectivity index (χ0n) is 20.3. The SMILES string of the molecule is COc1cncc(-c2cc3cc[nH]c(=O)c3c(Nc3ccc(C4CCN(CC#N)CC4)c(C)c3)n2)n1. The second kappa shape index (κ2) is 10.1. The molecule has 1 aliphatic heterocycles. The van der Waals surface area contributed by atoms with Crippen LogP contribution in [-0.2, 0) is 0 Å². The molecule has 4 aromatic rings. The topological polar surface area (TPSA) is 120 Å². The number of rotatable bonds is 6. The first-order chi connectivity index (χ1) is 17.6. The highest BCUT2D eigenvalue weighted by molar-refractivity contribution is 5.94. The number of aromatic nitrogens is 4. The molecule has 182 valence electrons. The predicted octanol–water partition coefficient (Wildman–Crippen LogP) is 4.14. The average Bonchev–Trinajstić information content (AvgIpc) is 2.89. The number of fused-ring (bicyclic) bond motifs is 1. The van der Waals surface area contributed by atoms with E-state index in [4.69, 9.17) is 15.0 Å². The summed E-state index contributed by atoms with van der Waals surface area (Å²) in [4.78, 5) is 31.1. The lowest BCUT2D eigenvalue weighted by Gasteiger charge is -2.31. The summed E-state index contributed by atoms with van der Waals surface area (Å²) < 4.78 is 5.21. The van der Waals surface area contributed by atoms with Crippen LogP contribution >= 0.6 is 0 Å². The maximum absolute atomic E-state index is 12.7. The number of pyridine rings is 2. The average molecular weight is 482 g/mol. The van der Waals surface area contributed by atoms with Gasteiger partial charge in [-0.2, -0.15) is 5.26 Å². The number of piperidine rings is 1. The van der Waals surface area contributed by atoms with E-state index >= 15 is 0 Å². The third-order valence-electron chi connectivity index (χ3n) is 6.69. The molecule has 0 bridgehead atoms. The lowest BCUT2D eigenvalue weighted by molar-refractivity contribution is 0.234. The minimum absolute atomic E-state index is 0.219. The summed E-state index contributed by atoms with van der Waals surface area (Å²) in [7, 11) is 1.54. The van der Waals surface area contributed by atoms with Crippen molar-refractivity contribution in [3.8, 4) is 23.3 Å². The van der Waals surface area contributed by atoms with Crippen molar-refractivity contribution in [2.24, 2.45) is 0 Å². The molecule has 0 saturated carbocycles. The van der Waals surface area contributed by atoms with Crippen LogP contribution in [0.3, 0.4) is 0 Å². The van der Waals surface area contributed by atoms with Gasteiger partial charge in [0, 0.05) is 11.9 Å². The summed E-state index contributed by atoms with van der Waals surface area (Å²) >= 11 is 0. The van der Waals surface area contributed by atoms with Gasteiger partial charge in [0.1, 0.15) is 11.5 Å². The summed E-state index contributed by atoms with van der Waals surface area (Å²) in [5, 5.41) is 13.5. The van der Waals surface area contributed by atoms with Crippen molar-refractivity contribution in [2.75, 3.05) is 32.1 Å². The molecular weight excluding hydrogens is 454 g/mol. The Bertz CT molecular complexity index is 1500. The normalized spacial score (nSPS) is 14.5. The summed E-state index contributed by atoms with van der Waals surface area (Å²) in [6.45, 7) is 4.49. The van der Waals surface area contributed by atoms with Crippen LogP contribution in [0, 0.1) is 18.3 Å². The second-order valence-electron chi connectivity index (χ2n) is 8.98. The number of nitriles is 1. The van der Waals surface area contributed by atoms with E-state index in [2.05, 4.69) is 50.3 Å². The lowest BCUT2D eigenvalue weighted by atomic mass is 9.86. The largest absolute Gasteiger partial charge is 0.480 e. The number of aromatic amines is 1. The number of hydrogen-bond donors (Lipinski definition) is 2. The highest BCUT2D eigenvalue weighted by Gasteiger charge is 2.22. The first kappa shape index (κ1) is 23.5. The molecule has 0 aliphatic carbocycles. The first-order valence-corrected chi connectivity index (χ1v) is 11.9. The van der Waals surface area contributed by atoms with Crippen LogP contribution in [0.4, 0.5) is 11.5 Å². The van der Waals surface area contributed by atoms with Crippen LogP contribution in [0.1, 0.15) is 29.9 Å². The van der Waals surface area contributed by atoms with Crippen LogP contribution in [0.5, 0.6) is 5.88 Å². The lowest BCUT2D eigenvalue weighted by Crippen LogP contribution is -2.33. The smallest absolute Gasteiger partial charge is 0.259 e. The van der Waals surface area contributed by atoms with Crippen LogP contribution in [0.2, 0.25) is 0 Å². The molecular formula is C27H27N7O2. The van der Waals surface area contributed by atoms with Crippen molar-refractivity contribution in [3.05, 3.63) is 70.4 Å². The van der Waals surface area contributed by atoms with Crippen molar-refractivity contribution in [1.82, 2.24) is 24.8 Å². The summed E-state index contributed by atoms with van der Waals surface area (Å²) in [5.74, 6) is 1.32. The van der Waals surface area contributed by atoms with Crippen LogP contribution in [-0.4, -0.2) is 51.6 Å². The second-order valence-corrected chi connectivity index (χ2v) is 8.98. The number of nitrogens with one attached hydrogen (secondary N) is 2. The van der Waals surface area contributed by atoms with Gasteiger partial charge in [0.05, 0.1) is 43.2 Å². The summed E-state index contributed by atoms with van der Waals surface area (Å²) in [5.41, 5.74) is 4.28. The van der Waals surface area contributed by atoms with Crippen LogP contribution in [0.25, 0.3) is 22.2 Å². The van der Waals surface area contributed by atoms with Gasteiger partial charge in [-0.3, -0.25) is 14.7 Å². The van der Waals surface area contributed by atoms with Gasteiger partial charge in [0.15, 0.2) is 0 Å². The molecule has 1 fully saturated rings. The molecule has 1 saturated heterocycles. The Morgan fingerprint density at radius 3 is 2.75 bits per heavy atom. The molecule has 5 rings (SSSR count). The number of hydrogen-bond acceptors (Lipinski definition) is 8. The Morgan fingerprint density at radius 1 is 1.17 bits per heavy atom. The zero-order valence-corrected chi connectivity index (χ0v) is 20.3. The highest BCUT2D eigenvalue weighted by atomic mass is 16.5. The number of anilines is 2. The highest BCUT2D eigenvalue weighted by Crippen LogP contribution is 2.33. The van der Waals surface area contributed by atoms with E-state index in [9.17, 15) is 4.79 Å². The quantitative estimate of drug-likeness (QED) is 0.394. The van der Waals surface area contributed by atoms with Crippen molar-refractivity contribution in [2.45, 2.75) is 25.7 Å². The monoisotopic (exact) mass is 481 g/mol. The Balaban J connectivity index is 1.47. The first-order valence-electron chi connectivity index (χ1n) is 11.9. The van der Waals surface area contributed by atoms with E-state index in [0.29, 0.717) is 40.9 Å². The van der Waals surface area contributed by atoms with Gasteiger partial charge in [-0.05, 0) is 79.6 Å². The number of benzene rings is 1. The van der Waals surface area contributed by atoms with Crippen molar-refractivity contribution < 1.29 is 4.74 Å². The molecule has 9 heteroatoms. The fraction of sp³-hybridized carbons (Fsp3) is 0.296. The van der Waals surface area contributed by atoms with E-state index in [1.807, 2.05) is 18.2 Å². The van der Waals surface area contributed by atoms with Crippen molar-refractivity contribution in [1.29, 1.82) is 5.26 Å². The van der Waals surface area contributed by atoms with Gasteiger partial charge in [0.2, 0.25) is 5.88 Å². The number of H-pyrrole nitrogens is 1. The Morgan fingerprint density at radius 2 is 2.00 bits per heavy atom. The summed E-state index contributed by atoms with van der Waals surface area (Å²) in [6, 6.07) is 12.2. The predicted molar refractivity (Wildman–Crippen MR) is 138 cm³/mol. The van der Waals surface area contributed by atoms with Gasteiger partial charge in [-0.25, -0.2) is 9.97 Å². The number of nitrogens with zero attached hydrogens (tertiary/aromatic N) is 5. The van der Waals surface area contributed by atoms with E-state index in [0.717, 1.165) is 37.0 Å². The molecule has 36 heavy (non-hydrogen) atoms. The molecule has 0 amide bonds. The molecule has 4 heterocycles. The number of likely N-dealkylation sites (tertiary alicyclic amines) is 1. The Kier molecular flexibility index (Phi) is 6.60. The maximum atomic E-state index is 12.7. The molecule has 0 atom stereocenters. The molecule has 0 radical (unpaired) electrons. The minimum atomic E-state index is -0.219. The molecule has 9 nitrogen and oxygen atoms in total.